The zero-order valence-corrected chi connectivity index (χ0v) is 12.3. The van der Waals surface area contributed by atoms with Crippen molar-refractivity contribution >= 4 is 5.91 Å². The quantitative estimate of drug-likeness (QED) is 0.828. The molecule has 1 amide bonds. The van der Waals surface area contributed by atoms with E-state index in [4.69, 9.17) is 4.74 Å². The smallest absolute Gasteiger partial charge is 0.223 e. The van der Waals surface area contributed by atoms with Crippen molar-refractivity contribution in [1.29, 1.82) is 0 Å². The number of carbonyl (C=O) groups is 1. The summed E-state index contributed by atoms with van der Waals surface area (Å²) in [6, 6.07) is 0.0744. The lowest BCUT2D eigenvalue weighted by atomic mass is 10.1. The molecule has 1 aromatic rings. The van der Waals surface area contributed by atoms with Crippen molar-refractivity contribution in [2.45, 2.75) is 52.3 Å². The summed E-state index contributed by atoms with van der Waals surface area (Å²) in [4.78, 5) is 18.8. The number of nitrogens with zero attached hydrogens (tertiary/aromatic N) is 3. The van der Waals surface area contributed by atoms with Gasteiger partial charge < -0.3 is 14.2 Å². The van der Waals surface area contributed by atoms with Crippen LogP contribution >= 0.6 is 0 Å². The summed E-state index contributed by atoms with van der Waals surface area (Å²) in [5, 5.41) is 0. The minimum Gasteiger partial charge on any atom is -0.375 e. The van der Waals surface area contributed by atoms with Gasteiger partial charge in [0.05, 0.1) is 24.5 Å². The molecule has 1 saturated carbocycles. The summed E-state index contributed by atoms with van der Waals surface area (Å²) < 4.78 is 7.68. The molecule has 1 aliphatic carbocycles. The number of carbonyl (C=O) groups excluding carboxylic acids is 1. The predicted octanol–water partition coefficient (Wildman–Crippen LogP) is 2.12. The summed E-state index contributed by atoms with van der Waals surface area (Å²) in [6.45, 7) is 7.00. The van der Waals surface area contributed by atoms with Crippen molar-refractivity contribution < 1.29 is 9.53 Å². The molecule has 0 aromatic carbocycles. The Morgan fingerprint density at radius 3 is 2.95 bits per heavy atom. The third-order valence-electron chi connectivity index (χ3n) is 4.31. The number of hydrogen-bond acceptors (Lipinski definition) is 3. The van der Waals surface area contributed by atoms with Gasteiger partial charge in [0, 0.05) is 26.1 Å². The monoisotopic (exact) mass is 277 g/mol. The van der Waals surface area contributed by atoms with Crippen LogP contribution in [0.5, 0.6) is 0 Å². The highest BCUT2D eigenvalue weighted by Gasteiger charge is 2.33. The first kappa shape index (κ1) is 13.6. The molecule has 2 heterocycles. The predicted molar refractivity (Wildman–Crippen MR) is 75.0 cm³/mol. The van der Waals surface area contributed by atoms with Gasteiger partial charge in [-0.1, -0.05) is 0 Å². The molecule has 1 atom stereocenters. The molecule has 3 rings (SSSR count). The van der Waals surface area contributed by atoms with E-state index in [0.717, 1.165) is 31.0 Å². The Morgan fingerprint density at radius 1 is 1.45 bits per heavy atom. The number of fused-ring (bicyclic) bond motifs is 1. The van der Waals surface area contributed by atoms with Gasteiger partial charge in [0.1, 0.15) is 5.82 Å². The first-order chi connectivity index (χ1) is 9.70. The van der Waals surface area contributed by atoms with E-state index in [1.54, 1.807) is 0 Å². The average Bonchev–Trinajstić information content (AvgIpc) is 3.15. The van der Waals surface area contributed by atoms with Crippen molar-refractivity contribution in [3.63, 3.8) is 0 Å². The van der Waals surface area contributed by atoms with Gasteiger partial charge in [0.15, 0.2) is 0 Å². The van der Waals surface area contributed by atoms with Gasteiger partial charge in [-0.2, -0.15) is 0 Å². The average molecular weight is 277 g/mol. The second-order valence-corrected chi connectivity index (χ2v) is 5.81. The molecule has 1 aliphatic heterocycles. The first-order valence-corrected chi connectivity index (χ1v) is 7.62. The normalized spacial score (nSPS) is 21.9. The number of ether oxygens (including phenoxy) is 1. The Balaban J connectivity index is 1.71. The number of rotatable bonds is 5. The molecule has 20 heavy (non-hydrogen) atoms. The maximum Gasteiger partial charge on any atom is 0.223 e. The van der Waals surface area contributed by atoms with Gasteiger partial charge in [0.25, 0.3) is 0 Å². The Labute approximate surface area is 119 Å². The van der Waals surface area contributed by atoms with E-state index >= 15 is 0 Å². The third-order valence-corrected chi connectivity index (χ3v) is 4.31. The first-order valence-electron chi connectivity index (χ1n) is 7.62. The number of amides is 1. The van der Waals surface area contributed by atoms with Gasteiger partial charge in [-0.25, -0.2) is 4.98 Å². The van der Waals surface area contributed by atoms with E-state index in [0.29, 0.717) is 25.0 Å². The highest BCUT2D eigenvalue weighted by Crippen LogP contribution is 2.34. The molecule has 0 unspecified atom stereocenters. The van der Waals surface area contributed by atoms with Gasteiger partial charge in [-0.15, -0.1) is 0 Å². The van der Waals surface area contributed by atoms with E-state index in [9.17, 15) is 4.79 Å². The summed E-state index contributed by atoms with van der Waals surface area (Å²) in [5.41, 5.74) is 1.11. The molecule has 2 aliphatic rings. The topological polar surface area (TPSA) is 47.4 Å². The fourth-order valence-corrected chi connectivity index (χ4v) is 2.91. The van der Waals surface area contributed by atoms with E-state index < -0.39 is 0 Å². The van der Waals surface area contributed by atoms with Crippen LogP contribution in [0.3, 0.4) is 0 Å². The standard InChI is InChI=1S/C15H23N3O2/c1-3-20-10-13-9-16-15-11(2)17(6-7-18(13)15)14(19)8-12-4-5-12/h9,11-12H,3-8,10H2,1-2H3/t11-/m1/s1. The molecule has 0 spiro atoms. The zero-order valence-electron chi connectivity index (χ0n) is 12.3. The molecule has 5 heteroatoms. The molecular weight excluding hydrogens is 254 g/mol. The largest absolute Gasteiger partial charge is 0.375 e. The molecule has 1 fully saturated rings. The maximum atomic E-state index is 12.3. The second kappa shape index (κ2) is 5.56. The van der Waals surface area contributed by atoms with Gasteiger partial charge in [-0.3, -0.25) is 4.79 Å². The summed E-state index contributed by atoms with van der Waals surface area (Å²) in [7, 11) is 0. The lowest BCUT2D eigenvalue weighted by Crippen LogP contribution is -2.41. The van der Waals surface area contributed by atoms with Crippen LogP contribution in [0.4, 0.5) is 0 Å². The highest BCUT2D eigenvalue weighted by molar-refractivity contribution is 5.77. The second-order valence-electron chi connectivity index (χ2n) is 5.81. The van der Waals surface area contributed by atoms with Gasteiger partial charge >= 0.3 is 0 Å². The van der Waals surface area contributed by atoms with Crippen LogP contribution in [-0.2, 0) is 22.7 Å². The van der Waals surface area contributed by atoms with Crippen LogP contribution in [0.15, 0.2) is 6.20 Å². The zero-order chi connectivity index (χ0) is 14.1. The van der Waals surface area contributed by atoms with Crippen molar-refractivity contribution in [2.24, 2.45) is 5.92 Å². The van der Waals surface area contributed by atoms with Gasteiger partial charge in [-0.05, 0) is 32.6 Å². The fourth-order valence-electron chi connectivity index (χ4n) is 2.91. The van der Waals surface area contributed by atoms with Crippen LogP contribution in [0.2, 0.25) is 0 Å². The molecule has 0 radical (unpaired) electrons. The molecule has 0 N–H and O–H groups in total. The molecule has 5 nitrogen and oxygen atoms in total. The van der Waals surface area contributed by atoms with Crippen LogP contribution in [0.1, 0.15) is 50.7 Å². The van der Waals surface area contributed by atoms with Crippen molar-refractivity contribution in [3.8, 4) is 0 Å². The molecule has 0 saturated heterocycles. The summed E-state index contributed by atoms with van der Waals surface area (Å²) in [6.07, 6.45) is 5.05. The molecular formula is C15H23N3O2. The number of hydrogen-bond donors (Lipinski definition) is 0. The lowest BCUT2D eigenvalue weighted by Gasteiger charge is -2.34. The Bertz CT molecular complexity index is 493. The molecule has 1 aromatic heterocycles. The SMILES string of the molecule is CCOCc1cnc2n1CCN(C(=O)CC1CC1)[C@@H]2C. The van der Waals surface area contributed by atoms with Crippen molar-refractivity contribution in [3.05, 3.63) is 17.7 Å². The maximum absolute atomic E-state index is 12.3. The van der Waals surface area contributed by atoms with Crippen LogP contribution < -0.4 is 0 Å². The minimum atomic E-state index is 0.0744. The highest BCUT2D eigenvalue weighted by atomic mass is 16.5. The fraction of sp³-hybridized carbons (Fsp3) is 0.733. The van der Waals surface area contributed by atoms with Crippen molar-refractivity contribution in [2.75, 3.05) is 13.2 Å². The Kier molecular flexibility index (Phi) is 3.78. The van der Waals surface area contributed by atoms with Crippen LogP contribution in [0.25, 0.3) is 0 Å². The van der Waals surface area contributed by atoms with E-state index in [2.05, 4.69) is 16.5 Å². The third kappa shape index (κ3) is 2.59. The molecule has 110 valence electrons. The lowest BCUT2D eigenvalue weighted by molar-refractivity contribution is -0.134. The van der Waals surface area contributed by atoms with Crippen LogP contribution in [-0.4, -0.2) is 33.5 Å². The number of imidazole rings is 1. The van der Waals surface area contributed by atoms with E-state index in [1.807, 2.05) is 18.0 Å². The summed E-state index contributed by atoms with van der Waals surface area (Å²) >= 11 is 0. The van der Waals surface area contributed by atoms with Crippen molar-refractivity contribution in [1.82, 2.24) is 14.5 Å². The molecule has 0 bridgehead atoms. The minimum absolute atomic E-state index is 0.0744. The van der Waals surface area contributed by atoms with E-state index in [1.165, 1.54) is 12.8 Å². The summed E-state index contributed by atoms with van der Waals surface area (Å²) in [5.74, 6) is 1.93. The number of aromatic nitrogens is 2. The van der Waals surface area contributed by atoms with Gasteiger partial charge in [0.2, 0.25) is 5.91 Å². The Hall–Kier alpha value is -1.36. The Morgan fingerprint density at radius 2 is 2.25 bits per heavy atom. The van der Waals surface area contributed by atoms with Crippen LogP contribution in [0, 0.1) is 5.92 Å². The van der Waals surface area contributed by atoms with E-state index in [-0.39, 0.29) is 6.04 Å².